The summed E-state index contributed by atoms with van der Waals surface area (Å²) in [5.74, 6) is 0.123. The van der Waals surface area contributed by atoms with Gasteiger partial charge in [-0.05, 0) is 51.0 Å². The molecule has 0 aliphatic rings. The van der Waals surface area contributed by atoms with Gasteiger partial charge in [-0.15, -0.1) is 0 Å². The quantitative estimate of drug-likeness (QED) is 0.867. The largest absolute Gasteiger partial charge is 0.388 e. The molecule has 18 heavy (non-hydrogen) atoms. The van der Waals surface area contributed by atoms with Crippen LogP contribution in [0.1, 0.15) is 43.1 Å². The molecule has 0 spiro atoms. The molecule has 3 heteroatoms. The van der Waals surface area contributed by atoms with Crippen molar-refractivity contribution in [2.75, 3.05) is 18.9 Å². The van der Waals surface area contributed by atoms with Crippen molar-refractivity contribution in [3.63, 3.8) is 0 Å². The van der Waals surface area contributed by atoms with Crippen LogP contribution in [-0.2, 0) is 0 Å². The highest BCUT2D eigenvalue weighted by Gasteiger charge is 2.18. The lowest BCUT2D eigenvalue weighted by molar-refractivity contribution is 0.0700. The third kappa shape index (κ3) is 3.03. The number of nitrogens with one attached hydrogen (secondary N) is 1. The summed E-state index contributed by atoms with van der Waals surface area (Å²) in [4.78, 5) is 14.4. The third-order valence-electron chi connectivity index (χ3n) is 3.47. The predicted molar refractivity (Wildman–Crippen MR) is 77.2 cm³/mol. The Hall–Kier alpha value is -1.51. The zero-order chi connectivity index (χ0) is 13.7. The van der Waals surface area contributed by atoms with Gasteiger partial charge in [0.15, 0.2) is 0 Å². The second kappa shape index (κ2) is 6.43. The van der Waals surface area contributed by atoms with E-state index in [1.165, 1.54) is 0 Å². The Kier molecular flexibility index (Phi) is 5.20. The number of anilines is 1. The van der Waals surface area contributed by atoms with Crippen LogP contribution < -0.4 is 5.32 Å². The van der Waals surface area contributed by atoms with Gasteiger partial charge in [0.25, 0.3) is 5.91 Å². The fourth-order valence-electron chi connectivity index (χ4n) is 2.12. The Morgan fingerprint density at radius 1 is 1.39 bits per heavy atom. The summed E-state index contributed by atoms with van der Waals surface area (Å²) in [5.41, 5.74) is 2.94. The molecule has 100 valence electrons. The third-order valence-corrected chi connectivity index (χ3v) is 3.47. The fourth-order valence-corrected chi connectivity index (χ4v) is 2.12. The van der Waals surface area contributed by atoms with Gasteiger partial charge in [-0.1, -0.05) is 6.92 Å². The summed E-state index contributed by atoms with van der Waals surface area (Å²) >= 11 is 0. The van der Waals surface area contributed by atoms with Crippen LogP contribution in [0, 0.1) is 6.92 Å². The maximum atomic E-state index is 12.4. The minimum atomic E-state index is 0.123. The Bertz CT molecular complexity index is 415. The first-order valence-electron chi connectivity index (χ1n) is 6.64. The molecular formula is C15H24N2O. The van der Waals surface area contributed by atoms with Crippen molar-refractivity contribution in [1.29, 1.82) is 0 Å². The van der Waals surface area contributed by atoms with Crippen molar-refractivity contribution in [2.45, 2.75) is 40.2 Å². The molecule has 0 aromatic heterocycles. The summed E-state index contributed by atoms with van der Waals surface area (Å²) < 4.78 is 0. The lowest BCUT2D eigenvalue weighted by atomic mass is 10.1. The van der Waals surface area contributed by atoms with Crippen molar-refractivity contribution in [3.8, 4) is 0 Å². The lowest BCUT2D eigenvalue weighted by Crippen LogP contribution is -2.38. The fraction of sp³-hybridized carbons (Fsp3) is 0.533. The molecule has 1 atom stereocenters. The standard InChI is InChI=1S/C15H24N2O/c1-6-12(4)17(7-2)15(18)13-8-9-14(16-5)11(3)10-13/h8-10,12,16H,6-7H2,1-5H3. The highest BCUT2D eigenvalue weighted by molar-refractivity contribution is 5.95. The maximum absolute atomic E-state index is 12.4. The zero-order valence-electron chi connectivity index (χ0n) is 12.1. The normalized spacial score (nSPS) is 12.1. The van der Waals surface area contributed by atoms with Crippen LogP contribution >= 0.6 is 0 Å². The van der Waals surface area contributed by atoms with E-state index in [-0.39, 0.29) is 11.9 Å². The second-order valence-corrected chi connectivity index (χ2v) is 4.63. The van der Waals surface area contributed by atoms with Crippen molar-refractivity contribution in [1.82, 2.24) is 4.90 Å². The van der Waals surface area contributed by atoms with Crippen LogP contribution in [0.5, 0.6) is 0 Å². The van der Waals surface area contributed by atoms with Gasteiger partial charge in [0.1, 0.15) is 0 Å². The smallest absolute Gasteiger partial charge is 0.254 e. The van der Waals surface area contributed by atoms with Gasteiger partial charge in [0.2, 0.25) is 0 Å². The average molecular weight is 248 g/mol. The molecule has 1 aromatic rings. The number of carbonyl (C=O) groups excluding carboxylic acids is 1. The van der Waals surface area contributed by atoms with Gasteiger partial charge < -0.3 is 10.2 Å². The molecule has 1 rings (SSSR count). The molecule has 1 amide bonds. The van der Waals surface area contributed by atoms with Crippen LogP contribution in [0.2, 0.25) is 0 Å². The van der Waals surface area contributed by atoms with Gasteiger partial charge in [0.05, 0.1) is 0 Å². The van der Waals surface area contributed by atoms with Crippen LogP contribution in [0.15, 0.2) is 18.2 Å². The van der Waals surface area contributed by atoms with Gasteiger partial charge in [-0.2, -0.15) is 0 Å². The molecule has 1 N–H and O–H groups in total. The van der Waals surface area contributed by atoms with Gasteiger partial charge in [-0.3, -0.25) is 4.79 Å². The number of aryl methyl sites for hydroxylation is 1. The first-order valence-corrected chi connectivity index (χ1v) is 6.64. The molecule has 0 fully saturated rings. The maximum Gasteiger partial charge on any atom is 0.254 e. The van der Waals surface area contributed by atoms with Crippen molar-refractivity contribution in [2.24, 2.45) is 0 Å². The minimum absolute atomic E-state index is 0.123. The monoisotopic (exact) mass is 248 g/mol. The van der Waals surface area contributed by atoms with Gasteiger partial charge in [-0.25, -0.2) is 0 Å². The van der Waals surface area contributed by atoms with E-state index in [1.807, 2.05) is 44.0 Å². The minimum Gasteiger partial charge on any atom is -0.388 e. The van der Waals surface area contributed by atoms with Crippen LogP contribution in [0.25, 0.3) is 0 Å². The summed E-state index contributed by atoms with van der Waals surface area (Å²) in [5, 5.41) is 3.11. The molecule has 0 radical (unpaired) electrons. The molecule has 1 unspecified atom stereocenters. The first-order chi connectivity index (χ1) is 8.54. The molecule has 0 aliphatic carbocycles. The van der Waals surface area contributed by atoms with E-state index < -0.39 is 0 Å². The van der Waals surface area contributed by atoms with Crippen LogP contribution in [0.3, 0.4) is 0 Å². The molecule has 0 bridgehead atoms. The predicted octanol–water partition coefficient (Wildman–Crippen LogP) is 3.30. The number of rotatable bonds is 5. The Balaban J connectivity index is 2.99. The number of amides is 1. The van der Waals surface area contributed by atoms with Gasteiger partial charge in [0, 0.05) is 30.9 Å². The zero-order valence-corrected chi connectivity index (χ0v) is 12.1. The first kappa shape index (κ1) is 14.6. The van der Waals surface area contributed by atoms with Crippen LogP contribution in [-0.4, -0.2) is 30.4 Å². The molecule has 3 nitrogen and oxygen atoms in total. The Morgan fingerprint density at radius 3 is 2.50 bits per heavy atom. The number of carbonyl (C=O) groups is 1. The van der Waals surface area contributed by atoms with E-state index in [0.29, 0.717) is 0 Å². The lowest BCUT2D eigenvalue weighted by Gasteiger charge is -2.27. The van der Waals surface area contributed by atoms with E-state index in [4.69, 9.17) is 0 Å². The van der Waals surface area contributed by atoms with Gasteiger partial charge >= 0.3 is 0 Å². The second-order valence-electron chi connectivity index (χ2n) is 4.63. The van der Waals surface area contributed by atoms with E-state index in [2.05, 4.69) is 19.2 Å². The molecular weight excluding hydrogens is 224 g/mol. The number of hydrogen-bond acceptors (Lipinski definition) is 2. The van der Waals surface area contributed by atoms with Crippen LogP contribution in [0.4, 0.5) is 5.69 Å². The summed E-state index contributed by atoms with van der Waals surface area (Å²) in [6, 6.07) is 6.10. The van der Waals surface area contributed by atoms with E-state index in [9.17, 15) is 4.79 Å². The summed E-state index contributed by atoms with van der Waals surface area (Å²) in [6.45, 7) is 8.99. The van der Waals surface area contributed by atoms with Crippen molar-refractivity contribution in [3.05, 3.63) is 29.3 Å². The average Bonchev–Trinajstić information content (AvgIpc) is 2.38. The van der Waals surface area contributed by atoms with Crippen molar-refractivity contribution < 1.29 is 4.79 Å². The highest BCUT2D eigenvalue weighted by atomic mass is 16.2. The molecule has 0 saturated heterocycles. The molecule has 1 aromatic carbocycles. The van der Waals surface area contributed by atoms with Crippen molar-refractivity contribution >= 4 is 11.6 Å². The highest BCUT2D eigenvalue weighted by Crippen LogP contribution is 2.18. The molecule has 0 saturated carbocycles. The number of hydrogen-bond donors (Lipinski definition) is 1. The van der Waals surface area contributed by atoms with E-state index >= 15 is 0 Å². The van der Waals surface area contributed by atoms with E-state index in [0.717, 1.165) is 29.8 Å². The van der Waals surface area contributed by atoms with E-state index in [1.54, 1.807) is 0 Å². The number of benzene rings is 1. The molecule has 0 heterocycles. The topological polar surface area (TPSA) is 32.3 Å². The summed E-state index contributed by atoms with van der Waals surface area (Å²) in [7, 11) is 1.89. The summed E-state index contributed by atoms with van der Waals surface area (Å²) in [6.07, 6.45) is 0.979. The number of nitrogens with zero attached hydrogens (tertiary/aromatic N) is 1. The Morgan fingerprint density at radius 2 is 2.06 bits per heavy atom. The SMILES string of the molecule is CCC(C)N(CC)C(=O)c1ccc(NC)c(C)c1. The molecule has 0 aliphatic heterocycles. The Labute approximate surface area is 110 Å².